The van der Waals surface area contributed by atoms with Crippen molar-refractivity contribution < 1.29 is 9.55 Å². The van der Waals surface area contributed by atoms with Crippen LogP contribution in [0.25, 0.3) is 11.0 Å². The number of nitrogens with zero attached hydrogens (tertiary/aromatic N) is 4. The fraction of sp³-hybridized carbons (Fsp3) is 0.600. The van der Waals surface area contributed by atoms with Gasteiger partial charge < -0.3 is 10.2 Å². The number of non-ortho nitro benzene ring substituents is 1. The molecule has 1 aromatic heterocycles. The van der Waals surface area contributed by atoms with Crippen LogP contribution in [-0.4, -0.2) is 40.9 Å². The molecule has 23 heavy (non-hydrogen) atoms. The van der Waals surface area contributed by atoms with Crippen LogP contribution in [0, 0.1) is 16.0 Å². The van der Waals surface area contributed by atoms with E-state index in [4.69, 9.17) is 4.63 Å². The molecule has 1 N–H and O–H groups in total. The molecular weight excluding hydrogens is 298 g/mol. The molecule has 8 heteroatoms. The highest BCUT2D eigenvalue weighted by molar-refractivity contribution is 5.93. The van der Waals surface area contributed by atoms with Gasteiger partial charge in [0, 0.05) is 25.2 Å². The zero-order valence-corrected chi connectivity index (χ0v) is 12.8. The van der Waals surface area contributed by atoms with Crippen LogP contribution in [0.5, 0.6) is 0 Å². The maximum absolute atomic E-state index is 11.1. The monoisotopic (exact) mass is 317 g/mol. The standard InChI is InChI=1S/C15H19N5O3/c21-20(22)13-4-3-12(14-15(13)18-23-17-14)19-8-5-10(6-9-19)11-2-1-7-16-11/h3-4,10-11,16H,1-2,5-9H2. The Morgan fingerprint density at radius 3 is 2.70 bits per heavy atom. The van der Waals surface area contributed by atoms with Crippen LogP contribution in [0.15, 0.2) is 16.8 Å². The van der Waals surface area contributed by atoms with Gasteiger partial charge in [0.1, 0.15) is 0 Å². The van der Waals surface area contributed by atoms with Gasteiger partial charge in [0.05, 0.1) is 10.6 Å². The zero-order chi connectivity index (χ0) is 15.8. The maximum atomic E-state index is 11.1. The zero-order valence-electron chi connectivity index (χ0n) is 12.8. The van der Waals surface area contributed by atoms with Gasteiger partial charge in [-0.2, -0.15) is 0 Å². The molecule has 8 nitrogen and oxygen atoms in total. The number of hydrogen-bond acceptors (Lipinski definition) is 7. The van der Waals surface area contributed by atoms with Gasteiger partial charge in [-0.15, -0.1) is 0 Å². The van der Waals surface area contributed by atoms with Crippen molar-refractivity contribution in [3.8, 4) is 0 Å². The summed E-state index contributed by atoms with van der Waals surface area (Å²) in [6.07, 6.45) is 4.81. The summed E-state index contributed by atoms with van der Waals surface area (Å²) >= 11 is 0. The Bertz CT molecular complexity index is 717. The summed E-state index contributed by atoms with van der Waals surface area (Å²) in [6.45, 7) is 3.00. The average molecular weight is 317 g/mol. The number of piperidine rings is 1. The Balaban J connectivity index is 1.55. The minimum absolute atomic E-state index is 0.0601. The molecule has 2 aromatic rings. The number of nitrogens with one attached hydrogen (secondary N) is 1. The van der Waals surface area contributed by atoms with E-state index in [-0.39, 0.29) is 11.2 Å². The lowest BCUT2D eigenvalue weighted by molar-refractivity contribution is -0.383. The van der Waals surface area contributed by atoms with Crippen LogP contribution in [-0.2, 0) is 0 Å². The van der Waals surface area contributed by atoms with Crippen molar-refractivity contribution in [1.29, 1.82) is 0 Å². The molecular formula is C15H19N5O3. The molecule has 2 aliphatic heterocycles. The summed E-state index contributed by atoms with van der Waals surface area (Å²) in [4.78, 5) is 12.9. The van der Waals surface area contributed by atoms with Crippen LogP contribution < -0.4 is 10.2 Å². The SMILES string of the molecule is O=[N+]([O-])c1ccc(N2CCC(C3CCCN3)CC2)c2nonc12. The Hall–Kier alpha value is -2.22. The number of aromatic nitrogens is 2. The highest BCUT2D eigenvalue weighted by Crippen LogP contribution is 2.34. The van der Waals surface area contributed by atoms with Gasteiger partial charge in [-0.25, -0.2) is 4.63 Å². The third-order valence-corrected chi connectivity index (χ3v) is 5.12. The second-order valence-electron chi connectivity index (χ2n) is 6.35. The van der Waals surface area contributed by atoms with Gasteiger partial charge in [-0.1, -0.05) is 0 Å². The summed E-state index contributed by atoms with van der Waals surface area (Å²) in [7, 11) is 0. The fourth-order valence-electron chi connectivity index (χ4n) is 3.90. The summed E-state index contributed by atoms with van der Waals surface area (Å²) < 4.78 is 4.75. The molecule has 0 spiro atoms. The molecule has 1 unspecified atom stereocenters. The van der Waals surface area contributed by atoms with Crippen molar-refractivity contribution in [3.63, 3.8) is 0 Å². The van der Waals surface area contributed by atoms with E-state index in [1.165, 1.54) is 18.9 Å². The van der Waals surface area contributed by atoms with E-state index in [0.29, 0.717) is 11.6 Å². The Morgan fingerprint density at radius 1 is 1.22 bits per heavy atom. The Labute approximate surface area is 132 Å². The molecule has 2 aliphatic rings. The molecule has 0 saturated carbocycles. The Morgan fingerprint density at radius 2 is 2.00 bits per heavy atom. The lowest BCUT2D eigenvalue weighted by Crippen LogP contribution is -2.41. The van der Waals surface area contributed by atoms with Gasteiger partial charge in [0.25, 0.3) is 0 Å². The first-order chi connectivity index (χ1) is 11.2. The molecule has 0 amide bonds. The quantitative estimate of drug-likeness (QED) is 0.683. The number of rotatable bonds is 3. The number of fused-ring (bicyclic) bond motifs is 1. The summed E-state index contributed by atoms with van der Waals surface area (Å²) in [6, 6.07) is 3.91. The minimum Gasteiger partial charge on any atom is -0.370 e. The van der Waals surface area contributed by atoms with E-state index in [1.807, 2.05) is 0 Å². The molecule has 0 radical (unpaired) electrons. The van der Waals surface area contributed by atoms with Crippen LogP contribution in [0.3, 0.4) is 0 Å². The van der Waals surface area contributed by atoms with Gasteiger partial charge in [-0.3, -0.25) is 10.1 Å². The molecule has 0 bridgehead atoms. The van der Waals surface area contributed by atoms with Gasteiger partial charge in [-0.05, 0) is 54.5 Å². The second-order valence-corrected chi connectivity index (χ2v) is 6.35. The van der Waals surface area contributed by atoms with Crippen LogP contribution in [0.4, 0.5) is 11.4 Å². The van der Waals surface area contributed by atoms with Gasteiger partial charge in [0.15, 0.2) is 5.52 Å². The number of benzene rings is 1. The minimum atomic E-state index is -0.450. The predicted octanol–water partition coefficient (Wildman–Crippen LogP) is 2.10. The van der Waals surface area contributed by atoms with Crippen LogP contribution >= 0.6 is 0 Å². The van der Waals surface area contributed by atoms with Crippen molar-refractivity contribution >= 4 is 22.4 Å². The van der Waals surface area contributed by atoms with Gasteiger partial charge >= 0.3 is 5.69 Å². The molecule has 0 aliphatic carbocycles. The molecule has 3 heterocycles. The molecule has 122 valence electrons. The van der Waals surface area contributed by atoms with Crippen LogP contribution in [0.2, 0.25) is 0 Å². The average Bonchev–Trinajstić information content (AvgIpc) is 3.25. The lowest BCUT2D eigenvalue weighted by atomic mass is 9.88. The third kappa shape index (κ3) is 2.52. The highest BCUT2D eigenvalue weighted by Gasteiger charge is 2.30. The lowest BCUT2D eigenvalue weighted by Gasteiger charge is -2.36. The van der Waals surface area contributed by atoms with Crippen molar-refractivity contribution in [2.45, 2.75) is 31.7 Å². The van der Waals surface area contributed by atoms with Crippen molar-refractivity contribution in [3.05, 3.63) is 22.2 Å². The van der Waals surface area contributed by atoms with Crippen molar-refractivity contribution in [1.82, 2.24) is 15.6 Å². The third-order valence-electron chi connectivity index (χ3n) is 5.12. The van der Waals surface area contributed by atoms with E-state index < -0.39 is 4.92 Å². The maximum Gasteiger partial charge on any atom is 0.300 e. The number of anilines is 1. The van der Waals surface area contributed by atoms with E-state index in [9.17, 15) is 10.1 Å². The van der Waals surface area contributed by atoms with E-state index in [0.717, 1.165) is 44.1 Å². The normalized spacial score (nSPS) is 22.8. The van der Waals surface area contributed by atoms with Crippen molar-refractivity contribution in [2.75, 3.05) is 24.5 Å². The molecule has 1 aromatic carbocycles. The second kappa shape index (κ2) is 5.77. The predicted molar refractivity (Wildman–Crippen MR) is 84.4 cm³/mol. The van der Waals surface area contributed by atoms with Gasteiger partial charge in [0.2, 0.25) is 5.52 Å². The number of hydrogen-bond donors (Lipinski definition) is 1. The van der Waals surface area contributed by atoms with E-state index in [2.05, 4.69) is 20.5 Å². The molecule has 1 atom stereocenters. The van der Waals surface area contributed by atoms with Crippen molar-refractivity contribution in [2.24, 2.45) is 5.92 Å². The summed E-state index contributed by atoms with van der Waals surface area (Å²) in [5, 5.41) is 22.3. The first-order valence-electron chi connectivity index (χ1n) is 8.12. The fourth-order valence-corrected chi connectivity index (χ4v) is 3.90. The smallest absolute Gasteiger partial charge is 0.300 e. The molecule has 2 saturated heterocycles. The summed E-state index contributed by atoms with van der Waals surface area (Å²) in [5.41, 5.74) is 1.53. The first kappa shape index (κ1) is 14.4. The first-order valence-corrected chi connectivity index (χ1v) is 8.12. The largest absolute Gasteiger partial charge is 0.370 e. The topological polar surface area (TPSA) is 97.3 Å². The Kier molecular flexibility index (Phi) is 3.60. The van der Waals surface area contributed by atoms with E-state index in [1.54, 1.807) is 6.07 Å². The molecule has 2 fully saturated rings. The van der Waals surface area contributed by atoms with E-state index >= 15 is 0 Å². The number of nitro benzene ring substituents is 1. The van der Waals surface area contributed by atoms with Crippen LogP contribution in [0.1, 0.15) is 25.7 Å². The molecule has 4 rings (SSSR count). The number of nitro groups is 1. The highest BCUT2D eigenvalue weighted by atomic mass is 16.6. The summed E-state index contributed by atoms with van der Waals surface area (Å²) in [5.74, 6) is 0.720.